The molecule has 1 aliphatic rings. The Kier molecular flexibility index (Phi) is 6.60. The Morgan fingerprint density at radius 2 is 2.09 bits per heavy atom. The molecule has 0 spiro atoms. The number of anilines is 5. The lowest BCUT2D eigenvalue weighted by Gasteiger charge is -2.16. The van der Waals surface area contributed by atoms with Crippen molar-refractivity contribution in [3.8, 4) is 6.07 Å². The van der Waals surface area contributed by atoms with Crippen molar-refractivity contribution in [2.75, 3.05) is 48.5 Å². The highest BCUT2D eigenvalue weighted by molar-refractivity contribution is 5.93. The molecule has 0 bridgehead atoms. The van der Waals surface area contributed by atoms with E-state index in [1.807, 2.05) is 38.4 Å². The maximum Gasteiger partial charge on any atom is 0.221 e. The van der Waals surface area contributed by atoms with Crippen LogP contribution in [0.4, 0.5) is 28.7 Å². The lowest BCUT2D eigenvalue weighted by molar-refractivity contribution is -0.114. The number of fused-ring (bicyclic) bond motifs is 1. The molecule has 1 fully saturated rings. The zero-order valence-electron chi connectivity index (χ0n) is 19.1. The van der Waals surface area contributed by atoms with Gasteiger partial charge >= 0.3 is 0 Å². The van der Waals surface area contributed by atoms with Crippen molar-refractivity contribution in [1.82, 2.24) is 19.5 Å². The second-order valence-corrected chi connectivity index (χ2v) is 8.50. The molecule has 0 radical (unpaired) electrons. The molecule has 0 saturated heterocycles. The molecule has 4 N–H and O–H groups in total. The molecule has 4 rings (SSSR count). The van der Waals surface area contributed by atoms with Crippen molar-refractivity contribution in [3.05, 3.63) is 36.0 Å². The number of hydrogen-bond donors (Lipinski definition) is 4. The van der Waals surface area contributed by atoms with Gasteiger partial charge in [-0.25, -0.2) is 4.98 Å². The molecule has 2 heterocycles. The van der Waals surface area contributed by atoms with Crippen LogP contribution in [0.5, 0.6) is 0 Å². The molecular weight excluding hydrogens is 418 g/mol. The van der Waals surface area contributed by atoms with Crippen LogP contribution in [0.15, 0.2) is 30.5 Å². The lowest BCUT2D eigenvalue weighted by Crippen LogP contribution is -2.17. The number of carbonyl (C=O) groups is 1. The Balaban J connectivity index is 1.58. The fourth-order valence-corrected chi connectivity index (χ4v) is 3.48. The number of aromatic nitrogens is 3. The van der Waals surface area contributed by atoms with E-state index < -0.39 is 0 Å². The minimum atomic E-state index is -0.142. The minimum absolute atomic E-state index is 0.142. The maximum atomic E-state index is 11.8. The first kappa shape index (κ1) is 22.4. The van der Waals surface area contributed by atoms with Gasteiger partial charge in [-0.15, -0.1) is 0 Å². The minimum Gasteiger partial charge on any atom is -0.383 e. The first-order valence-corrected chi connectivity index (χ1v) is 11.1. The number of hydrogen-bond acceptors (Lipinski definition) is 8. The van der Waals surface area contributed by atoms with Gasteiger partial charge < -0.3 is 26.2 Å². The highest BCUT2D eigenvalue weighted by Gasteiger charge is 2.23. The molecular formula is C23H29N9O. The van der Waals surface area contributed by atoms with Gasteiger partial charge in [0.15, 0.2) is 5.65 Å². The summed E-state index contributed by atoms with van der Waals surface area (Å²) >= 11 is 0. The third kappa shape index (κ3) is 5.70. The van der Waals surface area contributed by atoms with Gasteiger partial charge in [-0.1, -0.05) is 0 Å². The Hall–Kier alpha value is -3.84. The van der Waals surface area contributed by atoms with Gasteiger partial charge in [0.05, 0.1) is 17.6 Å². The molecule has 1 amide bonds. The summed E-state index contributed by atoms with van der Waals surface area (Å²) in [5.41, 5.74) is 3.22. The average molecular weight is 448 g/mol. The summed E-state index contributed by atoms with van der Waals surface area (Å²) in [7, 11) is 4.09. The molecule has 2 aromatic heterocycles. The zero-order valence-corrected chi connectivity index (χ0v) is 19.1. The summed E-state index contributed by atoms with van der Waals surface area (Å²) in [6.07, 6.45) is 4.74. The Labute approximate surface area is 193 Å². The summed E-state index contributed by atoms with van der Waals surface area (Å²) in [5, 5.41) is 26.8. The second-order valence-electron chi connectivity index (χ2n) is 8.50. The van der Waals surface area contributed by atoms with Crippen LogP contribution in [0, 0.1) is 11.3 Å². The summed E-state index contributed by atoms with van der Waals surface area (Å²) in [6, 6.07) is 10.2. The highest BCUT2D eigenvalue weighted by atomic mass is 16.1. The first-order chi connectivity index (χ1) is 15.9. The number of nitriles is 1. The molecule has 33 heavy (non-hydrogen) atoms. The van der Waals surface area contributed by atoms with Gasteiger partial charge in [-0.3, -0.25) is 4.79 Å². The van der Waals surface area contributed by atoms with Crippen molar-refractivity contribution in [2.45, 2.75) is 32.2 Å². The predicted molar refractivity (Wildman–Crippen MR) is 130 cm³/mol. The maximum absolute atomic E-state index is 11.8. The number of amides is 1. The number of carbonyl (C=O) groups excluding carboxylic acids is 1. The molecule has 1 saturated carbocycles. The third-order valence-electron chi connectivity index (χ3n) is 5.22. The van der Waals surface area contributed by atoms with Gasteiger partial charge in [0, 0.05) is 31.3 Å². The van der Waals surface area contributed by atoms with Gasteiger partial charge in [0.25, 0.3) is 0 Å². The number of nitrogens with one attached hydrogen (secondary N) is 4. The third-order valence-corrected chi connectivity index (χ3v) is 5.22. The van der Waals surface area contributed by atoms with Gasteiger partial charge in [-0.05, 0) is 58.1 Å². The lowest BCUT2D eigenvalue weighted by atomic mass is 10.2. The standard InChI is InChI=1S/C23H29N9O/c1-15(33)27-20-11-18(7-8-19(20)25-9-4-10-31(2)3)28-21-12-22(29-17-5-6-17)32-23(30-21)16(13-24)14-26-32/h7-8,11-12,14,17,25,29H,4-6,9-10H2,1-3H3,(H,27,33)(H,28,30). The predicted octanol–water partition coefficient (Wildman–Crippen LogP) is 3.24. The van der Waals surface area contributed by atoms with E-state index >= 15 is 0 Å². The molecule has 0 unspecified atom stereocenters. The highest BCUT2D eigenvalue weighted by Crippen LogP contribution is 2.30. The topological polar surface area (TPSA) is 122 Å². The van der Waals surface area contributed by atoms with E-state index in [-0.39, 0.29) is 5.91 Å². The van der Waals surface area contributed by atoms with Crippen LogP contribution in [0.3, 0.4) is 0 Å². The molecule has 1 aliphatic carbocycles. The van der Waals surface area contributed by atoms with E-state index in [0.29, 0.717) is 28.8 Å². The largest absolute Gasteiger partial charge is 0.383 e. The zero-order chi connectivity index (χ0) is 23.4. The monoisotopic (exact) mass is 447 g/mol. The van der Waals surface area contributed by atoms with Gasteiger partial charge in [0.1, 0.15) is 23.3 Å². The first-order valence-electron chi connectivity index (χ1n) is 11.1. The summed E-state index contributed by atoms with van der Waals surface area (Å²) in [5.74, 6) is 1.23. The van der Waals surface area contributed by atoms with E-state index in [2.05, 4.69) is 42.3 Å². The molecule has 1 aromatic carbocycles. The number of benzene rings is 1. The summed E-state index contributed by atoms with van der Waals surface area (Å²) < 4.78 is 1.66. The van der Waals surface area contributed by atoms with Crippen LogP contribution in [0.1, 0.15) is 31.7 Å². The van der Waals surface area contributed by atoms with Crippen LogP contribution in [-0.4, -0.2) is 58.6 Å². The van der Waals surface area contributed by atoms with Crippen LogP contribution in [0.25, 0.3) is 5.65 Å². The van der Waals surface area contributed by atoms with E-state index in [0.717, 1.165) is 49.5 Å². The number of rotatable bonds is 10. The Morgan fingerprint density at radius 1 is 1.27 bits per heavy atom. The molecule has 3 aromatic rings. The van der Waals surface area contributed by atoms with E-state index in [9.17, 15) is 10.1 Å². The summed E-state index contributed by atoms with van der Waals surface area (Å²) in [6.45, 7) is 3.27. The molecule has 10 nitrogen and oxygen atoms in total. The Bertz CT molecular complexity index is 1190. The second kappa shape index (κ2) is 9.75. The van der Waals surface area contributed by atoms with Crippen LogP contribution in [-0.2, 0) is 4.79 Å². The van der Waals surface area contributed by atoms with Crippen molar-refractivity contribution in [2.24, 2.45) is 0 Å². The molecule has 172 valence electrons. The fourth-order valence-electron chi connectivity index (χ4n) is 3.48. The Morgan fingerprint density at radius 3 is 2.79 bits per heavy atom. The number of nitrogens with zero attached hydrogens (tertiary/aromatic N) is 5. The normalized spacial score (nSPS) is 13.1. The van der Waals surface area contributed by atoms with Crippen LogP contribution >= 0.6 is 0 Å². The van der Waals surface area contributed by atoms with E-state index in [1.54, 1.807) is 4.52 Å². The molecule has 10 heteroatoms. The van der Waals surface area contributed by atoms with Crippen molar-refractivity contribution < 1.29 is 4.79 Å². The van der Waals surface area contributed by atoms with Crippen molar-refractivity contribution >= 4 is 40.3 Å². The smallest absolute Gasteiger partial charge is 0.221 e. The van der Waals surface area contributed by atoms with Crippen LogP contribution < -0.4 is 21.3 Å². The summed E-state index contributed by atoms with van der Waals surface area (Å²) in [4.78, 5) is 18.5. The van der Waals surface area contributed by atoms with Crippen molar-refractivity contribution in [1.29, 1.82) is 5.26 Å². The quantitative estimate of drug-likeness (QED) is 0.349. The fraction of sp³-hybridized carbons (Fsp3) is 0.391. The average Bonchev–Trinajstić information content (AvgIpc) is 3.48. The molecule has 0 aliphatic heterocycles. The SMILES string of the molecule is CC(=O)Nc1cc(Nc2cc(NC3CC3)n3ncc(C#N)c3n2)ccc1NCCCN(C)C. The van der Waals surface area contributed by atoms with Crippen LogP contribution in [0.2, 0.25) is 0 Å². The van der Waals surface area contributed by atoms with Gasteiger partial charge in [-0.2, -0.15) is 14.9 Å². The van der Waals surface area contributed by atoms with E-state index in [4.69, 9.17) is 0 Å². The molecule has 0 atom stereocenters. The van der Waals surface area contributed by atoms with Crippen molar-refractivity contribution in [3.63, 3.8) is 0 Å². The van der Waals surface area contributed by atoms with E-state index in [1.165, 1.54) is 13.1 Å². The van der Waals surface area contributed by atoms with Gasteiger partial charge in [0.2, 0.25) is 5.91 Å².